The fraction of sp³-hybridized carbons (Fsp3) is 0.846. The van der Waals surface area contributed by atoms with Gasteiger partial charge in [-0.3, -0.25) is 9.69 Å². The van der Waals surface area contributed by atoms with Crippen LogP contribution in [0.2, 0.25) is 0 Å². The summed E-state index contributed by atoms with van der Waals surface area (Å²) in [6.07, 6.45) is 4.49. The molecule has 0 bridgehead atoms. The van der Waals surface area contributed by atoms with Gasteiger partial charge in [0.25, 0.3) is 0 Å². The summed E-state index contributed by atoms with van der Waals surface area (Å²) in [4.78, 5) is 15.8. The molecule has 0 aromatic rings. The largest absolute Gasteiger partial charge is 0.396 e. The van der Waals surface area contributed by atoms with Gasteiger partial charge in [-0.05, 0) is 25.8 Å². The zero-order valence-electron chi connectivity index (χ0n) is 11.1. The maximum Gasteiger partial charge on any atom is 0.236 e. The van der Waals surface area contributed by atoms with Gasteiger partial charge < -0.3 is 10.0 Å². The Morgan fingerprint density at radius 3 is 3.00 bits per heavy atom. The lowest BCUT2D eigenvalue weighted by Gasteiger charge is -2.35. The van der Waals surface area contributed by atoms with Crippen molar-refractivity contribution in [3.05, 3.63) is 0 Å². The Hall–Kier alpha value is -1.12. The Bertz CT molecular complexity index is 299. The van der Waals surface area contributed by atoms with Crippen LogP contribution in [0.1, 0.15) is 32.1 Å². The van der Waals surface area contributed by atoms with E-state index in [2.05, 4.69) is 4.90 Å². The average Bonchev–Trinajstić information content (AvgIpc) is 2.38. The van der Waals surface area contributed by atoms with Crippen LogP contribution in [-0.4, -0.2) is 60.1 Å². The van der Waals surface area contributed by atoms with Gasteiger partial charge in [0.05, 0.1) is 19.0 Å². The summed E-state index contributed by atoms with van der Waals surface area (Å²) < 4.78 is 0. The van der Waals surface area contributed by atoms with E-state index in [1.54, 1.807) is 11.9 Å². The van der Waals surface area contributed by atoms with Gasteiger partial charge in [-0.25, -0.2) is 0 Å². The number of carbonyl (C=O) groups excluding carboxylic acids is 1. The van der Waals surface area contributed by atoms with E-state index in [0.29, 0.717) is 25.6 Å². The minimum atomic E-state index is 0.0649. The third-order valence-corrected chi connectivity index (χ3v) is 3.53. The number of hydrogen-bond acceptors (Lipinski definition) is 4. The Morgan fingerprint density at radius 1 is 1.56 bits per heavy atom. The quantitative estimate of drug-likeness (QED) is 0.752. The zero-order chi connectivity index (χ0) is 13.4. The third kappa shape index (κ3) is 4.63. The summed E-state index contributed by atoms with van der Waals surface area (Å²) in [5.41, 5.74) is 0. The summed E-state index contributed by atoms with van der Waals surface area (Å²) in [5, 5.41) is 17.5. The number of hydrogen-bond donors (Lipinski definition) is 1. The van der Waals surface area contributed by atoms with Crippen LogP contribution < -0.4 is 0 Å². The van der Waals surface area contributed by atoms with E-state index in [0.717, 1.165) is 25.8 Å². The lowest BCUT2D eigenvalue weighted by Crippen LogP contribution is -2.46. The van der Waals surface area contributed by atoms with Crippen molar-refractivity contribution in [1.29, 1.82) is 5.26 Å². The second kappa shape index (κ2) is 8.06. The molecule has 1 heterocycles. The van der Waals surface area contributed by atoms with Crippen molar-refractivity contribution in [2.75, 3.05) is 33.3 Å². The van der Waals surface area contributed by atoms with Crippen molar-refractivity contribution < 1.29 is 9.90 Å². The molecule has 1 unspecified atom stereocenters. The summed E-state index contributed by atoms with van der Waals surface area (Å²) >= 11 is 0. The van der Waals surface area contributed by atoms with Crippen LogP contribution >= 0.6 is 0 Å². The van der Waals surface area contributed by atoms with Crippen LogP contribution in [0.4, 0.5) is 0 Å². The molecule has 1 amide bonds. The van der Waals surface area contributed by atoms with Gasteiger partial charge in [-0.15, -0.1) is 0 Å². The second-order valence-corrected chi connectivity index (χ2v) is 4.86. The average molecular weight is 253 g/mol. The van der Waals surface area contributed by atoms with Crippen LogP contribution in [0.3, 0.4) is 0 Å². The molecule has 1 saturated heterocycles. The van der Waals surface area contributed by atoms with Gasteiger partial charge in [-0.2, -0.15) is 5.26 Å². The highest BCUT2D eigenvalue weighted by molar-refractivity contribution is 5.78. The summed E-state index contributed by atoms with van der Waals surface area (Å²) in [5.74, 6) is 0.0649. The molecule has 0 saturated carbocycles. The second-order valence-electron chi connectivity index (χ2n) is 4.86. The number of rotatable bonds is 6. The highest BCUT2D eigenvalue weighted by Gasteiger charge is 2.24. The van der Waals surface area contributed by atoms with Gasteiger partial charge in [0, 0.05) is 26.2 Å². The normalized spacial score (nSPS) is 20.4. The molecule has 1 N–H and O–H groups in total. The first-order valence-corrected chi connectivity index (χ1v) is 6.65. The molecular formula is C13H23N3O2. The molecule has 1 atom stereocenters. The van der Waals surface area contributed by atoms with Crippen molar-refractivity contribution in [2.24, 2.45) is 0 Å². The molecule has 0 aromatic heterocycles. The van der Waals surface area contributed by atoms with Crippen molar-refractivity contribution in [3.8, 4) is 6.07 Å². The van der Waals surface area contributed by atoms with Gasteiger partial charge in [0.1, 0.15) is 0 Å². The SMILES string of the molecule is CN(CCC#N)C(=O)CN1CCCCC1CCO. The topological polar surface area (TPSA) is 67.6 Å². The lowest BCUT2D eigenvalue weighted by molar-refractivity contribution is -0.132. The van der Waals surface area contributed by atoms with E-state index in [1.165, 1.54) is 6.42 Å². The van der Waals surface area contributed by atoms with Gasteiger partial charge in [0.2, 0.25) is 5.91 Å². The van der Waals surface area contributed by atoms with Crippen LogP contribution in [0.25, 0.3) is 0 Å². The number of likely N-dealkylation sites (tertiary alicyclic amines) is 1. The fourth-order valence-electron chi connectivity index (χ4n) is 2.38. The Labute approximate surface area is 109 Å². The van der Waals surface area contributed by atoms with Crippen LogP contribution in [0.5, 0.6) is 0 Å². The molecule has 5 heteroatoms. The maximum atomic E-state index is 12.0. The van der Waals surface area contributed by atoms with E-state index in [4.69, 9.17) is 10.4 Å². The van der Waals surface area contributed by atoms with Crippen molar-refractivity contribution in [3.63, 3.8) is 0 Å². The Balaban J connectivity index is 2.43. The van der Waals surface area contributed by atoms with Crippen molar-refractivity contribution >= 4 is 5.91 Å². The molecule has 1 aliphatic heterocycles. The first-order valence-electron chi connectivity index (χ1n) is 6.65. The number of amides is 1. The Kier molecular flexibility index (Phi) is 6.69. The summed E-state index contributed by atoms with van der Waals surface area (Å²) in [7, 11) is 1.74. The smallest absolute Gasteiger partial charge is 0.236 e. The highest BCUT2D eigenvalue weighted by Crippen LogP contribution is 2.19. The molecule has 0 aliphatic carbocycles. The molecule has 18 heavy (non-hydrogen) atoms. The molecule has 0 spiro atoms. The number of piperidine rings is 1. The molecule has 1 aliphatic rings. The number of nitriles is 1. The number of likely N-dealkylation sites (N-methyl/N-ethyl adjacent to an activating group) is 1. The van der Waals surface area contributed by atoms with Gasteiger partial charge in [0.15, 0.2) is 0 Å². The Morgan fingerprint density at radius 2 is 2.33 bits per heavy atom. The predicted molar refractivity (Wildman–Crippen MR) is 68.8 cm³/mol. The van der Waals surface area contributed by atoms with E-state index >= 15 is 0 Å². The number of nitrogens with zero attached hydrogens (tertiary/aromatic N) is 3. The summed E-state index contributed by atoms with van der Waals surface area (Å²) in [6, 6.07) is 2.38. The number of aliphatic hydroxyl groups excluding tert-OH is 1. The summed E-state index contributed by atoms with van der Waals surface area (Å²) in [6.45, 7) is 2.02. The minimum absolute atomic E-state index is 0.0649. The lowest BCUT2D eigenvalue weighted by atomic mass is 9.99. The van der Waals surface area contributed by atoms with E-state index in [-0.39, 0.29) is 12.5 Å². The molecule has 102 valence electrons. The monoisotopic (exact) mass is 253 g/mol. The molecular weight excluding hydrogens is 230 g/mol. The number of carbonyl (C=O) groups is 1. The standard InChI is InChI=1S/C13H23N3O2/c1-15(8-4-7-14)13(18)11-16-9-3-2-5-12(16)6-10-17/h12,17H,2-6,8-11H2,1H3. The first kappa shape index (κ1) is 14.9. The maximum absolute atomic E-state index is 12.0. The van der Waals surface area contributed by atoms with E-state index in [9.17, 15) is 4.79 Å². The molecule has 0 radical (unpaired) electrons. The van der Waals surface area contributed by atoms with Gasteiger partial charge in [-0.1, -0.05) is 6.42 Å². The van der Waals surface area contributed by atoms with Crippen LogP contribution in [-0.2, 0) is 4.79 Å². The van der Waals surface area contributed by atoms with E-state index in [1.807, 2.05) is 6.07 Å². The number of aliphatic hydroxyl groups is 1. The first-order chi connectivity index (χ1) is 8.69. The molecule has 1 fully saturated rings. The van der Waals surface area contributed by atoms with Crippen molar-refractivity contribution in [2.45, 2.75) is 38.1 Å². The molecule has 1 rings (SSSR count). The van der Waals surface area contributed by atoms with E-state index < -0.39 is 0 Å². The zero-order valence-corrected chi connectivity index (χ0v) is 11.1. The molecule has 5 nitrogen and oxygen atoms in total. The fourth-order valence-corrected chi connectivity index (χ4v) is 2.38. The van der Waals surface area contributed by atoms with Crippen molar-refractivity contribution in [1.82, 2.24) is 9.80 Å². The predicted octanol–water partition coefficient (Wildman–Crippen LogP) is 0.595. The highest BCUT2D eigenvalue weighted by atomic mass is 16.3. The minimum Gasteiger partial charge on any atom is -0.396 e. The van der Waals surface area contributed by atoms with Crippen LogP contribution in [0.15, 0.2) is 0 Å². The molecule has 0 aromatic carbocycles. The third-order valence-electron chi connectivity index (χ3n) is 3.53. The van der Waals surface area contributed by atoms with Gasteiger partial charge >= 0.3 is 0 Å². The van der Waals surface area contributed by atoms with Crippen LogP contribution in [0, 0.1) is 11.3 Å².